The number of aliphatic hydroxyl groups is 1. The standard InChI is InChI=1S/C5H10FNO3S/c1-3-5(6)11(9,10)7-4(2)8/h3-5,7-8H,1H2,2H3. The van der Waals surface area contributed by atoms with E-state index in [1.807, 2.05) is 0 Å². The second-order valence-electron chi connectivity index (χ2n) is 1.93. The summed E-state index contributed by atoms with van der Waals surface area (Å²) in [5, 5.41) is 8.54. The molecule has 0 aromatic heterocycles. The molecule has 2 N–H and O–H groups in total. The maximum absolute atomic E-state index is 12.4. The summed E-state index contributed by atoms with van der Waals surface area (Å²) in [6.45, 7) is 4.13. The van der Waals surface area contributed by atoms with Gasteiger partial charge in [-0.05, 0) is 13.0 Å². The number of hydrogen-bond donors (Lipinski definition) is 2. The van der Waals surface area contributed by atoms with Crippen molar-refractivity contribution in [1.29, 1.82) is 0 Å². The van der Waals surface area contributed by atoms with Crippen LogP contribution in [0, 0.1) is 0 Å². The number of alkyl halides is 1. The molecule has 0 aliphatic carbocycles. The predicted octanol–water partition coefficient (Wildman–Crippen LogP) is -0.274. The Morgan fingerprint density at radius 2 is 2.18 bits per heavy atom. The van der Waals surface area contributed by atoms with Crippen molar-refractivity contribution in [2.75, 3.05) is 0 Å². The van der Waals surface area contributed by atoms with Gasteiger partial charge >= 0.3 is 0 Å². The lowest BCUT2D eigenvalue weighted by molar-refractivity contribution is 0.182. The first kappa shape index (κ1) is 10.5. The van der Waals surface area contributed by atoms with Crippen LogP contribution in [0.4, 0.5) is 4.39 Å². The summed E-state index contributed by atoms with van der Waals surface area (Å²) in [7, 11) is -4.09. The van der Waals surface area contributed by atoms with E-state index in [-0.39, 0.29) is 0 Å². The topological polar surface area (TPSA) is 66.4 Å². The van der Waals surface area contributed by atoms with Gasteiger partial charge in [0.25, 0.3) is 0 Å². The van der Waals surface area contributed by atoms with E-state index in [9.17, 15) is 12.8 Å². The summed E-state index contributed by atoms with van der Waals surface area (Å²) in [5.74, 6) is 0. The van der Waals surface area contributed by atoms with Crippen molar-refractivity contribution in [1.82, 2.24) is 4.72 Å². The molecule has 0 saturated heterocycles. The van der Waals surface area contributed by atoms with Gasteiger partial charge in [0, 0.05) is 0 Å². The van der Waals surface area contributed by atoms with Crippen LogP contribution in [0.5, 0.6) is 0 Å². The van der Waals surface area contributed by atoms with Crippen LogP contribution in [0.2, 0.25) is 0 Å². The van der Waals surface area contributed by atoms with Crippen molar-refractivity contribution < 1.29 is 17.9 Å². The molecule has 0 bridgehead atoms. The SMILES string of the molecule is C=CC(F)S(=O)(=O)NC(C)O. The highest BCUT2D eigenvalue weighted by molar-refractivity contribution is 7.90. The van der Waals surface area contributed by atoms with Crippen molar-refractivity contribution >= 4 is 10.0 Å². The molecule has 0 aromatic rings. The van der Waals surface area contributed by atoms with E-state index in [1.165, 1.54) is 6.92 Å². The van der Waals surface area contributed by atoms with Gasteiger partial charge in [-0.1, -0.05) is 6.58 Å². The van der Waals surface area contributed by atoms with Crippen molar-refractivity contribution in [3.05, 3.63) is 12.7 Å². The minimum Gasteiger partial charge on any atom is -0.378 e. The van der Waals surface area contributed by atoms with Gasteiger partial charge in [-0.2, -0.15) is 4.72 Å². The molecule has 0 amide bonds. The quantitative estimate of drug-likeness (QED) is 0.465. The number of sulfonamides is 1. The van der Waals surface area contributed by atoms with Gasteiger partial charge in [0.05, 0.1) is 0 Å². The third-order valence-corrected chi connectivity index (χ3v) is 2.27. The van der Waals surface area contributed by atoms with E-state index in [1.54, 1.807) is 4.72 Å². The monoisotopic (exact) mass is 183 g/mol. The predicted molar refractivity (Wildman–Crippen MR) is 38.8 cm³/mol. The van der Waals surface area contributed by atoms with Crippen LogP contribution in [-0.2, 0) is 10.0 Å². The molecule has 0 heterocycles. The van der Waals surface area contributed by atoms with E-state index in [4.69, 9.17) is 5.11 Å². The van der Waals surface area contributed by atoms with Crippen LogP contribution in [0.3, 0.4) is 0 Å². The fourth-order valence-electron chi connectivity index (χ4n) is 0.429. The fraction of sp³-hybridized carbons (Fsp3) is 0.600. The Hall–Kier alpha value is -0.460. The minimum absolute atomic E-state index is 0.630. The molecular formula is C5H10FNO3S. The second kappa shape index (κ2) is 3.80. The summed E-state index contributed by atoms with van der Waals surface area (Å²) >= 11 is 0. The zero-order valence-corrected chi connectivity index (χ0v) is 6.81. The van der Waals surface area contributed by atoms with Gasteiger partial charge in [-0.25, -0.2) is 12.8 Å². The Bertz CT molecular complexity index is 224. The molecule has 4 nitrogen and oxygen atoms in total. The van der Waals surface area contributed by atoms with Crippen LogP contribution in [0.1, 0.15) is 6.92 Å². The molecule has 0 aliphatic rings. The second-order valence-corrected chi connectivity index (χ2v) is 3.70. The summed E-state index contributed by atoms with van der Waals surface area (Å²) < 4.78 is 35.4. The molecule has 0 fully saturated rings. The van der Waals surface area contributed by atoms with Gasteiger partial charge in [0.2, 0.25) is 15.5 Å². The molecule has 0 radical (unpaired) electrons. The van der Waals surface area contributed by atoms with E-state index in [2.05, 4.69) is 6.58 Å². The van der Waals surface area contributed by atoms with Crippen molar-refractivity contribution in [2.45, 2.75) is 18.7 Å². The lowest BCUT2D eigenvalue weighted by atomic mass is 10.7. The Labute approximate surface area is 64.8 Å². The van der Waals surface area contributed by atoms with Crippen molar-refractivity contribution in [3.63, 3.8) is 0 Å². The molecule has 11 heavy (non-hydrogen) atoms. The van der Waals surface area contributed by atoms with E-state index in [0.29, 0.717) is 6.08 Å². The number of hydrogen-bond acceptors (Lipinski definition) is 3. The minimum atomic E-state index is -4.09. The highest BCUT2D eigenvalue weighted by Crippen LogP contribution is 2.01. The molecule has 2 atom stereocenters. The zero-order valence-electron chi connectivity index (χ0n) is 5.99. The maximum atomic E-state index is 12.4. The molecule has 0 aromatic carbocycles. The van der Waals surface area contributed by atoms with Gasteiger partial charge < -0.3 is 5.11 Å². The van der Waals surface area contributed by atoms with Gasteiger partial charge in [-0.3, -0.25) is 0 Å². The highest BCUT2D eigenvalue weighted by atomic mass is 32.2. The first-order valence-corrected chi connectivity index (χ1v) is 4.40. The maximum Gasteiger partial charge on any atom is 0.249 e. The van der Waals surface area contributed by atoms with Crippen LogP contribution >= 0.6 is 0 Å². The van der Waals surface area contributed by atoms with Crippen LogP contribution in [-0.4, -0.2) is 25.3 Å². The lowest BCUT2D eigenvalue weighted by Gasteiger charge is -2.08. The molecule has 0 rings (SSSR count). The van der Waals surface area contributed by atoms with Gasteiger partial charge in [-0.15, -0.1) is 0 Å². The third-order valence-electron chi connectivity index (χ3n) is 0.817. The molecule has 0 saturated carbocycles. The van der Waals surface area contributed by atoms with Crippen LogP contribution in [0.15, 0.2) is 12.7 Å². The Balaban J connectivity index is 4.35. The summed E-state index contributed by atoms with van der Waals surface area (Å²) in [4.78, 5) is 0. The molecule has 0 aliphatic heterocycles. The molecule has 6 heteroatoms. The molecular weight excluding hydrogens is 173 g/mol. The number of aliphatic hydroxyl groups excluding tert-OH is 1. The summed E-state index contributed by atoms with van der Waals surface area (Å²) in [6.07, 6.45) is -0.664. The third kappa shape index (κ3) is 3.45. The normalized spacial score (nSPS) is 17.4. The Morgan fingerprint density at radius 1 is 1.73 bits per heavy atom. The first-order chi connectivity index (χ1) is 4.90. The lowest BCUT2D eigenvalue weighted by Crippen LogP contribution is -2.36. The van der Waals surface area contributed by atoms with E-state index in [0.717, 1.165) is 0 Å². The smallest absolute Gasteiger partial charge is 0.249 e. The summed E-state index contributed by atoms with van der Waals surface area (Å²) in [6, 6.07) is 0. The first-order valence-electron chi connectivity index (χ1n) is 2.86. The van der Waals surface area contributed by atoms with Gasteiger partial charge in [0.1, 0.15) is 6.23 Å². The number of nitrogens with one attached hydrogen (secondary N) is 1. The Kier molecular flexibility index (Phi) is 3.64. The average Bonchev–Trinajstić information content (AvgIpc) is 1.83. The Morgan fingerprint density at radius 3 is 2.45 bits per heavy atom. The average molecular weight is 183 g/mol. The molecule has 2 unspecified atom stereocenters. The van der Waals surface area contributed by atoms with Gasteiger partial charge in [0.15, 0.2) is 0 Å². The van der Waals surface area contributed by atoms with E-state index >= 15 is 0 Å². The highest BCUT2D eigenvalue weighted by Gasteiger charge is 2.22. The number of halogens is 1. The van der Waals surface area contributed by atoms with Crippen molar-refractivity contribution in [3.8, 4) is 0 Å². The molecule has 0 spiro atoms. The fourth-order valence-corrected chi connectivity index (χ4v) is 1.29. The van der Waals surface area contributed by atoms with Crippen LogP contribution in [0.25, 0.3) is 0 Å². The van der Waals surface area contributed by atoms with E-state index < -0.39 is 21.8 Å². The summed E-state index contributed by atoms with van der Waals surface area (Å²) in [5.41, 5.74) is -2.18. The number of rotatable bonds is 4. The zero-order chi connectivity index (χ0) is 9.07. The molecule has 66 valence electrons. The van der Waals surface area contributed by atoms with Crippen LogP contribution < -0.4 is 4.72 Å². The largest absolute Gasteiger partial charge is 0.378 e. The van der Waals surface area contributed by atoms with Crippen molar-refractivity contribution in [2.24, 2.45) is 0 Å².